The normalized spacial score (nSPS) is 10.6. The first-order valence-electron chi connectivity index (χ1n) is 6.32. The standard InChI is InChI=1S/C15H12BN3OS/c1-20-13-7-10(16)6-9-8-17-15(19-14(9)13)18-11-2-4-12(21)5-3-11/h2-8,21H,1H3,(H,17,18,19). The molecule has 0 spiro atoms. The number of thiol groups is 1. The summed E-state index contributed by atoms with van der Waals surface area (Å²) in [6, 6.07) is 11.2. The highest BCUT2D eigenvalue weighted by Gasteiger charge is 2.07. The largest absolute Gasteiger partial charge is 0.494 e. The molecule has 1 N–H and O–H groups in total. The molecule has 0 fully saturated rings. The maximum absolute atomic E-state index is 5.82. The van der Waals surface area contributed by atoms with Crippen LogP contribution < -0.4 is 15.5 Å². The number of hydrogen-bond donors (Lipinski definition) is 2. The van der Waals surface area contributed by atoms with Crippen LogP contribution in [-0.2, 0) is 0 Å². The summed E-state index contributed by atoms with van der Waals surface area (Å²) in [7, 11) is 7.41. The summed E-state index contributed by atoms with van der Waals surface area (Å²) in [6.45, 7) is 0. The van der Waals surface area contributed by atoms with Crippen LogP contribution in [0.3, 0.4) is 0 Å². The van der Waals surface area contributed by atoms with Crippen molar-refractivity contribution < 1.29 is 4.74 Å². The molecule has 0 bridgehead atoms. The summed E-state index contributed by atoms with van der Waals surface area (Å²) < 4.78 is 5.32. The second kappa shape index (κ2) is 5.65. The Morgan fingerprint density at radius 2 is 1.95 bits per heavy atom. The van der Waals surface area contributed by atoms with Crippen LogP contribution in [0.1, 0.15) is 0 Å². The second-order valence-corrected chi connectivity index (χ2v) is 5.04. The second-order valence-electron chi connectivity index (χ2n) is 4.53. The lowest BCUT2D eigenvalue weighted by Crippen LogP contribution is -2.05. The predicted molar refractivity (Wildman–Crippen MR) is 88.5 cm³/mol. The Labute approximate surface area is 129 Å². The third kappa shape index (κ3) is 2.95. The first kappa shape index (κ1) is 13.8. The van der Waals surface area contributed by atoms with E-state index in [1.54, 1.807) is 19.4 Å². The van der Waals surface area contributed by atoms with Crippen LogP contribution in [0.15, 0.2) is 47.5 Å². The van der Waals surface area contributed by atoms with E-state index in [1.165, 1.54) is 0 Å². The van der Waals surface area contributed by atoms with Crippen molar-refractivity contribution in [3.63, 3.8) is 0 Å². The van der Waals surface area contributed by atoms with Gasteiger partial charge in [0.15, 0.2) is 0 Å². The monoisotopic (exact) mass is 293 g/mol. The van der Waals surface area contributed by atoms with E-state index in [4.69, 9.17) is 12.6 Å². The molecule has 0 unspecified atom stereocenters. The molecule has 1 aromatic heterocycles. The van der Waals surface area contributed by atoms with Gasteiger partial charge in [-0.15, -0.1) is 12.6 Å². The molecule has 2 radical (unpaired) electrons. The molecule has 0 aliphatic rings. The van der Waals surface area contributed by atoms with Gasteiger partial charge in [0, 0.05) is 22.2 Å². The van der Waals surface area contributed by atoms with Crippen molar-refractivity contribution in [1.29, 1.82) is 0 Å². The Kier molecular flexibility index (Phi) is 3.71. The van der Waals surface area contributed by atoms with Crippen LogP contribution in [-0.4, -0.2) is 24.9 Å². The maximum atomic E-state index is 5.82. The van der Waals surface area contributed by atoms with Crippen molar-refractivity contribution in [1.82, 2.24) is 9.97 Å². The summed E-state index contributed by atoms with van der Waals surface area (Å²) in [5.74, 6) is 1.12. The molecular formula is C15H12BN3OS. The van der Waals surface area contributed by atoms with Crippen molar-refractivity contribution in [3.05, 3.63) is 42.6 Å². The molecule has 102 valence electrons. The molecule has 21 heavy (non-hydrogen) atoms. The van der Waals surface area contributed by atoms with Crippen LogP contribution in [0.5, 0.6) is 5.75 Å². The Balaban J connectivity index is 2.00. The van der Waals surface area contributed by atoms with E-state index in [9.17, 15) is 0 Å². The molecule has 0 atom stereocenters. The zero-order chi connectivity index (χ0) is 14.8. The Hall–Kier alpha value is -2.21. The SMILES string of the molecule is [B]c1cc(OC)c2nc(Nc3ccc(S)cc3)ncc2c1. The molecule has 3 rings (SSSR count). The molecule has 4 nitrogen and oxygen atoms in total. The van der Waals surface area contributed by atoms with Crippen LogP contribution >= 0.6 is 12.6 Å². The van der Waals surface area contributed by atoms with E-state index < -0.39 is 0 Å². The Bertz CT molecular complexity index is 793. The number of nitrogens with one attached hydrogen (secondary N) is 1. The predicted octanol–water partition coefficient (Wildman–Crippen LogP) is 2.46. The lowest BCUT2D eigenvalue weighted by Gasteiger charge is -2.09. The number of aromatic nitrogens is 2. The minimum atomic E-state index is 0.498. The summed E-state index contributed by atoms with van der Waals surface area (Å²) >= 11 is 4.25. The molecule has 0 aliphatic carbocycles. The fourth-order valence-corrected chi connectivity index (χ4v) is 2.17. The van der Waals surface area contributed by atoms with Crippen molar-refractivity contribution in [2.24, 2.45) is 0 Å². The van der Waals surface area contributed by atoms with Crippen LogP contribution in [0.25, 0.3) is 10.9 Å². The topological polar surface area (TPSA) is 47.0 Å². The van der Waals surface area contributed by atoms with E-state index in [-0.39, 0.29) is 0 Å². The van der Waals surface area contributed by atoms with Gasteiger partial charge in [-0.3, -0.25) is 0 Å². The molecule has 0 saturated carbocycles. The van der Waals surface area contributed by atoms with Crippen LogP contribution in [0, 0.1) is 0 Å². The van der Waals surface area contributed by atoms with Crippen molar-refractivity contribution in [2.75, 3.05) is 12.4 Å². The molecule has 2 aromatic carbocycles. The number of hydrogen-bond acceptors (Lipinski definition) is 5. The molecule has 6 heteroatoms. The molecule has 0 aliphatic heterocycles. The number of anilines is 2. The van der Waals surface area contributed by atoms with Gasteiger partial charge in [0.2, 0.25) is 5.95 Å². The van der Waals surface area contributed by atoms with E-state index in [2.05, 4.69) is 27.9 Å². The fourth-order valence-electron chi connectivity index (χ4n) is 2.02. The van der Waals surface area contributed by atoms with Gasteiger partial charge in [-0.05, 0) is 30.3 Å². The summed E-state index contributed by atoms with van der Waals surface area (Å²) in [4.78, 5) is 9.67. The first-order valence-corrected chi connectivity index (χ1v) is 6.77. The van der Waals surface area contributed by atoms with Gasteiger partial charge in [0.05, 0.1) is 7.11 Å². The van der Waals surface area contributed by atoms with Gasteiger partial charge in [-0.1, -0.05) is 11.5 Å². The molecule has 3 aromatic rings. The number of nitrogens with zero attached hydrogens (tertiary/aromatic N) is 2. The third-order valence-corrected chi connectivity index (χ3v) is 3.31. The average Bonchev–Trinajstić information content (AvgIpc) is 2.49. The number of methoxy groups -OCH3 is 1. The fraction of sp³-hybridized carbons (Fsp3) is 0.0667. The zero-order valence-electron chi connectivity index (χ0n) is 11.4. The lowest BCUT2D eigenvalue weighted by atomic mass is 9.94. The summed E-state index contributed by atoms with van der Waals surface area (Å²) in [5.41, 5.74) is 2.23. The van der Waals surface area contributed by atoms with Gasteiger partial charge >= 0.3 is 0 Å². The van der Waals surface area contributed by atoms with Gasteiger partial charge in [-0.2, -0.15) is 0 Å². The van der Waals surface area contributed by atoms with Crippen molar-refractivity contribution in [2.45, 2.75) is 4.90 Å². The highest BCUT2D eigenvalue weighted by atomic mass is 32.1. The van der Waals surface area contributed by atoms with Crippen molar-refractivity contribution in [3.8, 4) is 5.75 Å². The number of fused-ring (bicyclic) bond motifs is 1. The van der Waals surface area contributed by atoms with Gasteiger partial charge in [0.1, 0.15) is 19.1 Å². The van der Waals surface area contributed by atoms with Gasteiger partial charge < -0.3 is 10.1 Å². The van der Waals surface area contributed by atoms with Crippen molar-refractivity contribution >= 4 is 48.5 Å². The smallest absolute Gasteiger partial charge is 0.227 e. The Morgan fingerprint density at radius 3 is 2.67 bits per heavy atom. The molecule has 0 amide bonds. The van der Waals surface area contributed by atoms with E-state index >= 15 is 0 Å². The Morgan fingerprint density at radius 1 is 1.19 bits per heavy atom. The minimum Gasteiger partial charge on any atom is -0.494 e. The highest BCUT2D eigenvalue weighted by molar-refractivity contribution is 7.80. The van der Waals surface area contributed by atoms with E-state index in [1.807, 2.05) is 30.3 Å². The molecule has 1 heterocycles. The summed E-state index contributed by atoms with van der Waals surface area (Å²) in [6.07, 6.45) is 1.72. The minimum absolute atomic E-state index is 0.498. The number of ether oxygens (including phenoxy) is 1. The van der Waals surface area contributed by atoms with Crippen LogP contribution in [0.2, 0.25) is 0 Å². The average molecular weight is 293 g/mol. The first-order chi connectivity index (χ1) is 10.2. The number of benzene rings is 2. The van der Waals surface area contributed by atoms with Gasteiger partial charge in [-0.25, -0.2) is 9.97 Å². The third-order valence-electron chi connectivity index (χ3n) is 3.01. The quantitative estimate of drug-likeness (QED) is 0.575. The van der Waals surface area contributed by atoms with E-state index in [0.29, 0.717) is 17.2 Å². The number of rotatable bonds is 3. The van der Waals surface area contributed by atoms with E-state index in [0.717, 1.165) is 21.5 Å². The van der Waals surface area contributed by atoms with Crippen LogP contribution in [0.4, 0.5) is 11.6 Å². The zero-order valence-corrected chi connectivity index (χ0v) is 12.3. The summed E-state index contributed by atoms with van der Waals surface area (Å²) in [5, 5.41) is 3.98. The van der Waals surface area contributed by atoms with Gasteiger partial charge in [0.25, 0.3) is 0 Å². The lowest BCUT2D eigenvalue weighted by molar-refractivity contribution is 0.419. The highest BCUT2D eigenvalue weighted by Crippen LogP contribution is 2.24. The molecule has 0 saturated heterocycles. The maximum Gasteiger partial charge on any atom is 0.227 e. The molecular weight excluding hydrogens is 281 g/mol.